The van der Waals surface area contributed by atoms with Crippen LogP contribution in [0.4, 0.5) is 5.69 Å². The average molecular weight is 331 g/mol. The van der Waals surface area contributed by atoms with Crippen LogP contribution >= 0.6 is 15.9 Å². The van der Waals surface area contributed by atoms with Gasteiger partial charge in [0, 0.05) is 6.20 Å². The maximum atomic E-state index is 11.7. The molecule has 3 N–H and O–H groups in total. The first kappa shape index (κ1) is 13.1. The molecule has 0 aliphatic heterocycles. The highest BCUT2D eigenvalue weighted by Gasteiger charge is 2.14. The molecule has 2 rings (SSSR count). The molecule has 0 saturated carbocycles. The van der Waals surface area contributed by atoms with E-state index in [1.54, 1.807) is 12.4 Å². The lowest BCUT2D eigenvalue weighted by Crippen LogP contribution is -2.19. The lowest BCUT2D eigenvalue weighted by molar-refractivity contribution is 0.588. The molecule has 6 nitrogen and oxygen atoms in total. The first-order valence-electron chi connectivity index (χ1n) is 4.97. The van der Waals surface area contributed by atoms with Gasteiger partial charge in [0.1, 0.15) is 0 Å². The van der Waals surface area contributed by atoms with Gasteiger partial charge in [0.15, 0.2) is 0 Å². The van der Waals surface area contributed by atoms with Crippen molar-refractivity contribution in [1.29, 1.82) is 0 Å². The minimum Gasteiger partial charge on any atom is -0.397 e. The fourth-order valence-electron chi connectivity index (χ4n) is 1.44. The largest absolute Gasteiger partial charge is 0.397 e. The number of nitrogens with one attached hydrogen (secondary N) is 1. The maximum Gasteiger partial charge on any atom is 0.240 e. The maximum absolute atomic E-state index is 11.7. The molecule has 18 heavy (non-hydrogen) atoms. The number of aromatic nitrogens is 2. The monoisotopic (exact) mass is 330 g/mol. The molecule has 96 valence electrons. The van der Waals surface area contributed by atoms with E-state index in [2.05, 4.69) is 25.8 Å². The summed E-state index contributed by atoms with van der Waals surface area (Å²) in [4.78, 5) is 0.140. The highest BCUT2D eigenvalue weighted by Crippen LogP contribution is 2.22. The second-order valence-corrected chi connectivity index (χ2v) is 6.33. The van der Waals surface area contributed by atoms with E-state index in [1.807, 2.05) is 0 Å². The number of rotatable bonds is 3. The molecule has 0 atom stereocenters. The third-order valence-electron chi connectivity index (χ3n) is 2.38. The van der Waals surface area contributed by atoms with E-state index in [1.165, 1.54) is 29.9 Å². The number of benzene rings is 1. The fourth-order valence-corrected chi connectivity index (χ4v) is 2.47. The van der Waals surface area contributed by atoms with E-state index in [4.69, 9.17) is 5.73 Å². The number of nitrogens with zero attached hydrogens (tertiary/aromatic N) is 2. The first-order chi connectivity index (χ1) is 8.44. The van der Waals surface area contributed by atoms with Crippen molar-refractivity contribution in [2.24, 2.45) is 0 Å². The minimum atomic E-state index is -3.50. The lowest BCUT2D eigenvalue weighted by Gasteiger charge is -2.08. The summed E-state index contributed by atoms with van der Waals surface area (Å²) < 4.78 is 28.0. The summed E-state index contributed by atoms with van der Waals surface area (Å²) in [5.74, 6) is 0. The van der Waals surface area contributed by atoms with Crippen molar-refractivity contribution in [3.63, 3.8) is 0 Å². The summed E-state index contributed by atoms with van der Waals surface area (Å²) in [7, 11) is -2.14. The van der Waals surface area contributed by atoms with Crippen LogP contribution in [0.1, 0.15) is 0 Å². The van der Waals surface area contributed by atoms with Gasteiger partial charge in [-0.05, 0) is 41.2 Å². The quantitative estimate of drug-likeness (QED) is 0.825. The summed E-state index contributed by atoms with van der Waals surface area (Å²) >= 11 is 3.27. The molecule has 8 heteroatoms. The first-order valence-corrected chi connectivity index (χ1v) is 7.25. The van der Waals surface area contributed by atoms with Gasteiger partial charge in [-0.25, -0.2) is 17.8 Å². The third-order valence-corrected chi connectivity index (χ3v) is 4.20. The van der Waals surface area contributed by atoms with Crippen molar-refractivity contribution in [1.82, 2.24) is 14.5 Å². The Hall–Kier alpha value is -1.38. The van der Waals surface area contributed by atoms with Gasteiger partial charge in [0.25, 0.3) is 0 Å². The van der Waals surface area contributed by atoms with E-state index in [0.29, 0.717) is 11.4 Å². The molecule has 1 aromatic carbocycles. The highest BCUT2D eigenvalue weighted by molar-refractivity contribution is 9.10. The Balaban J connectivity index is 2.59. The topological polar surface area (TPSA) is 90.0 Å². The predicted octanol–water partition coefficient (Wildman–Crippen LogP) is 1.13. The molecule has 0 bridgehead atoms. The number of anilines is 1. The van der Waals surface area contributed by atoms with Crippen LogP contribution in [0.15, 0.2) is 40.0 Å². The molecular formula is C10H11BrN4O2S. The van der Waals surface area contributed by atoms with Gasteiger partial charge in [0.05, 0.1) is 26.9 Å². The van der Waals surface area contributed by atoms with Gasteiger partial charge in [-0.15, -0.1) is 0 Å². The normalized spacial score (nSPS) is 11.7. The fraction of sp³-hybridized carbons (Fsp3) is 0.100. The highest BCUT2D eigenvalue weighted by atomic mass is 79.9. The molecule has 0 aliphatic rings. The molecule has 1 heterocycles. The molecule has 0 aliphatic carbocycles. The zero-order valence-corrected chi connectivity index (χ0v) is 11.9. The molecule has 0 saturated heterocycles. The minimum absolute atomic E-state index is 0.140. The number of nitrogens with two attached hydrogens (primary N) is 1. The number of halogens is 1. The number of sulfonamides is 1. The van der Waals surface area contributed by atoms with Crippen molar-refractivity contribution >= 4 is 31.6 Å². The van der Waals surface area contributed by atoms with E-state index < -0.39 is 10.0 Å². The summed E-state index contributed by atoms with van der Waals surface area (Å²) in [5.41, 5.74) is 6.78. The van der Waals surface area contributed by atoms with Crippen molar-refractivity contribution in [2.75, 3.05) is 12.8 Å². The predicted molar refractivity (Wildman–Crippen MR) is 71.9 cm³/mol. The standard InChI is InChI=1S/C10H11BrN4O2S/c1-13-18(16,17)8-2-3-9(12)10(4-8)15-6-7(11)5-14-15/h2-6,13H,12H2,1H3. The zero-order chi connectivity index (χ0) is 13.3. The summed E-state index contributed by atoms with van der Waals surface area (Å²) in [6.45, 7) is 0. The van der Waals surface area contributed by atoms with Crippen LogP contribution in [0.5, 0.6) is 0 Å². The van der Waals surface area contributed by atoms with Crippen LogP contribution in [-0.2, 0) is 10.0 Å². The van der Waals surface area contributed by atoms with Crippen LogP contribution < -0.4 is 10.5 Å². The Morgan fingerprint density at radius 1 is 1.44 bits per heavy atom. The van der Waals surface area contributed by atoms with Crippen molar-refractivity contribution in [3.05, 3.63) is 35.1 Å². The second kappa shape index (κ2) is 4.71. The van der Waals surface area contributed by atoms with Gasteiger partial charge < -0.3 is 5.73 Å². The number of hydrogen-bond donors (Lipinski definition) is 2. The van der Waals surface area contributed by atoms with Gasteiger partial charge in [-0.1, -0.05) is 0 Å². The third kappa shape index (κ3) is 2.40. The molecule has 2 aromatic rings. The van der Waals surface area contributed by atoms with Crippen LogP contribution in [0, 0.1) is 0 Å². The van der Waals surface area contributed by atoms with E-state index in [0.717, 1.165) is 4.47 Å². The van der Waals surface area contributed by atoms with Crippen LogP contribution in [0.2, 0.25) is 0 Å². The van der Waals surface area contributed by atoms with Crippen LogP contribution in [0.25, 0.3) is 5.69 Å². The van der Waals surface area contributed by atoms with Gasteiger partial charge in [-0.2, -0.15) is 5.10 Å². The summed E-state index contributed by atoms with van der Waals surface area (Å²) in [6.07, 6.45) is 3.29. The molecule has 0 radical (unpaired) electrons. The van der Waals surface area contributed by atoms with Crippen LogP contribution in [-0.4, -0.2) is 25.2 Å². The van der Waals surface area contributed by atoms with Gasteiger partial charge in [-0.3, -0.25) is 0 Å². The van der Waals surface area contributed by atoms with Crippen molar-refractivity contribution in [3.8, 4) is 5.69 Å². The Morgan fingerprint density at radius 3 is 2.72 bits per heavy atom. The summed E-state index contributed by atoms with van der Waals surface area (Å²) in [6, 6.07) is 4.46. The average Bonchev–Trinajstić information content (AvgIpc) is 2.76. The lowest BCUT2D eigenvalue weighted by atomic mass is 10.3. The van der Waals surface area contributed by atoms with E-state index in [-0.39, 0.29) is 4.90 Å². The van der Waals surface area contributed by atoms with Gasteiger partial charge in [0.2, 0.25) is 10.0 Å². The molecule has 0 unspecified atom stereocenters. The molecule has 1 aromatic heterocycles. The van der Waals surface area contributed by atoms with Crippen molar-refractivity contribution < 1.29 is 8.42 Å². The Morgan fingerprint density at radius 2 is 2.17 bits per heavy atom. The summed E-state index contributed by atoms with van der Waals surface area (Å²) in [5, 5.41) is 4.07. The number of hydrogen-bond acceptors (Lipinski definition) is 4. The van der Waals surface area contributed by atoms with E-state index in [9.17, 15) is 8.42 Å². The Labute approximate surface area is 113 Å². The molecule has 0 fully saturated rings. The Kier molecular flexibility index (Phi) is 3.42. The number of nitrogen functional groups attached to an aromatic ring is 1. The second-order valence-electron chi connectivity index (χ2n) is 3.53. The molecular weight excluding hydrogens is 320 g/mol. The van der Waals surface area contributed by atoms with E-state index >= 15 is 0 Å². The SMILES string of the molecule is CNS(=O)(=O)c1ccc(N)c(-n2cc(Br)cn2)c1. The molecule has 0 amide bonds. The smallest absolute Gasteiger partial charge is 0.240 e. The van der Waals surface area contributed by atoms with Gasteiger partial charge >= 0.3 is 0 Å². The zero-order valence-electron chi connectivity index (χ0n) is 9.46. The van der Waals surface area contributed by atoms with Crippen LogP contribution in [0.3, 0.4) is 0 Å². The van der Waals surface area contributed by atoms with Crippen molar-refractivity contribution in [2.45, 2.75) is 4.90 Å². The molecule has 0 spiro atoms. The Bertz CT molecular complexity index is 681.